The quantitative estimate of drug-likeness (QED) is 0.878. The molecular formula is C17H16ClFN4O3. The number of aromatic nitrogens is 2. The first-order chi connectivity index (χ1) is 12.0. The molecular weight excluding hydrogens is 363 g/mol. The first-order valence-electron chi connectivity index (χ1n) is 7.51. The van der Waals surface area contributed by atoms with Crippen molar-refractivity contribution in [3.8, 4) is 11.8 Å². The predicted octanol–water partition coefficient (Wildman–Crippen LogP) is 1.67. The predicted molar refractivity (Wildman–Crippen MR) is 94.1 cm³/mol. The molecule has 7 nitrogen and oxygen atoms in total. The molecule has 1 amide bonds. The number of carbonyl (C=O) groups excluding carboxylic acids is 1. The number of aryl methyl sites for hydroxylation is 1. The molecule has 0 saturated heterocycles. The molecule has 0 saturated carbocycles. The largest absolute Gasteiger partial charge is 0.335 e. The zero-order valence-electron chi connectivity index (χ0n) is 14.6. The second kappa shape index (κ2) is 6.77. The van der Waals surface area contributed by atoms with Crippen LogP contribution in [-0.2, 0) is 7.05 Å². The van der Waals surface area contributed by atoms with Crippen molar-refractivity contribution < 1.29 is 9.18 Å². The van der Waals surface area contributed by atoms with Crippen LogP contribution in [0.5, 0.6) is 0 Å². The lowest BCUT2D eigenvalue weighted by Crippen LogP contribution is -2.42. The molecule has 9 heteroatoms. The fourth-order valence-electron chi connectivity index (χ4n) is 2.22. The molecule has 1 aromatic carbocycles. The monoisotopic (exact) mass is 378 g/mol. The van der Waals surface area contributed by atoms with Crippen LogP contribution in [0.3, 0.4) is 0 Å². The highest BCUT2D eigenvalue weighted by Gasteiger charge is 2.24. The molecule has 0 atom stereocenters. The smallest absolute Gasteiger partial charge is 0.334 e. The minimum Gasteiger partial charge on any atom is -0.334 e. The first kappa shape index (κ1) is 19.4. The van der Waals surface area contributed by atoms with E-state index in [-0.39, 0.29) is 10.6 Å². The standard InChI is InChI=1S/C17H16ClFN4O3/c1-9-5-14(24)23(16(26)22(9)4)13-6-10(11(18)7-12(13)19)15(25)21-17(2,3)8-20/h5-7H,1-4H3,(H,21,25). The Morgan fingerprint density at radius 1 is 1.31 bits per heavy atom. The van der Waals surface area contributed by atoms with E-state index in [1.54, 1.807) is 6.92 Å². The van der Waals surface area contributed by atoms with Gasteiger partial charge < -0.3 is 9.88 Å². The first-order valence-corrected chi connectivity index (χ1v) is 7.89. The summed E-state index contributed by atoms with van der Waals surface area (Å²) < 4.78 is 16.2. The summed E-state index contributed by atoms with van der Waals surface area (Å²) in [5, 5.41) is 11.2. The van der Waals surface area contributed by atoms with E-state index in [4.69, 9.17) is 16.9 Å². The normalized spacial score (nSPS) is 11.1. The molecule has 0 fully saturated rings. The molecule has 2 aromatic rings. The van der Waals surface area contributed by atoms with Crippen LogP contribution in [0.15, 0.2) is 27.8 Å². The Balaban J connectivity index is 2.70. The number of hydrogen-bond donors (Lipinski definition) is 1. The Bertz CT molecular complexity index is 1060. The van der Waals surface area contributed by atoms with Crippen molar-refractivity contribution in [1.82, 2.24) is 14.5 Å². The van der Waals surface area contributed by atoms with E-state index in [1.807, 2.05) is 6.07 Å². The van der Waals surface area contributed by atoms with Gasteiger partial charge >= 0.3 is 5.69 Å². The van der Waals surface area contributed by atoms with Crippen molar-refractivity contribution in [2.75, 3.05) is 0 Å². The molecule has 0 aliphatic heterocycles. The molecule has 0 unspecified atom stereocenters. The fraction of sp³-hybridized carbons (Fsp3) is 0.294. The maximum atomic E-state index is 14.4. The number of carbonyl (C=O) groups is 1. The van der Waals surface area contributed by atoms with Crippen LogP contribution in [-0.4, -0.2) is 20.6 Å². The van der Waals surface area contributed by atoms with E-state index in [0.29, 0.717) is 10.3 Å². The molecule has 1 heterocycles. The lowest BCUT2D eigenvalue weighted by Gasteiger charge is -2.18. The number of benzene rings is 1. The van der Waals surface area contributed by atoms with Crippen molar-refractivity contribution >= 4 is 17.5 Å². The molecule has 0 spiro atoms. The van der Waals surface area contributed by atoms with Gasteiger partial charge in [-0.05, 0) is 32.9 Å². The van der Waals surface area contributed by atoms with Crippen LogP contribution < -0.4 is 16.6 Å². The van der Waals surface area contributed by atoms with E-state index in [0.717, 1.165) is 12.1 Å². The summed E-state index contributed by atoms with van der Waals surface area (Å²) >= 11 is 5.94. The minimum atomic E-state index is -1.19. The van der Waals surface area contributed by atoms with E-state index >= 15 is 0 Å². The molecule has 0 aliphatic carbocycles. The highest BCUT2D eigenvalue weighted by molar-refractivity contribution is 6.34. The summed E-state index contributed by atoms with van der Waals surface area (Å²) in [5.41, 5.74) is -2.86. The second-order valence-corrected chi connectivity index (χ2v) is 6.68. The lowest BCUT2D eigenvalue weighted by atomic mass is 10.1. The van der Waals surface area contributed by atoms with Gasteiger partial charge in [0.15, 0.2) is 0 Å². The van der Waals surface area contributed by atoms with E-state index < -0.39 is 34.2 Å². The maximum absolute atomic E-state index is 14.4. The van der Waals surface area contributed by atoms with Gasteiger partial charge in [0.1, 0.15) is 11.4 Å². The molecule has 0 bridgehead atoms. The number of halogens is 2. The molecule has 0 aliphatic rings. The van der Waals surface area contributed by atoms with Gasteiger partial charge in [-0.3, -0.25) is 9.59 Å². The molecule has 0 radical (unpaired) electrons. The third kappa shape index (κ3) is 3.53. The highest BCUT2D eigenvalue weighted by atomic mass is 35.5. The molecule has 1 N–H and O–H groups in total. The van der Waals surface area contributed by atoms with Crippen molar-refractivity contribution in [2.45, 2.75) is 26.3 Å². The SMILES string of the molecule is Cc1cc(=O)n(-c2cc(C(=O)NC(C)(C)C#N)c(Cl)cc2F)c(=O)n1C. The van der Waals surface area contributed by atoms with Crippen LogP contribution in [0.1, 0.15) is 29.9 Å². The third-order valence-electron chi connectivity index (χ3n) is 3.79. The maximum Gasteiger partial charge on any atom is 0.335 e. The number of hydrogen-bond acceptors (Lipinski definition) is 4. The van der Waals surface area contributed by atoms with Gasteiger partial charge in [0.05, 0.1) is 22.3 Å². The second-order valence-electron chi connectivity index (χ2n) is 6.28. The van der Waals surface area contributed by atoms with Crippen molar-refractivity contribution in [3.63, 3.8) is 0 Å². The molecule has 136 valence electrons. The van der Waals surface area contributed by atoms with Gasteiger partial charge in [0.25, 0.3) is 11.5 Å². The Kier molecular flexibility index (Phi) is 5.05. The minimum absolute atomic E-state index is 0.166. The molecule has 2 rings (SSSR count). The Morgan fingerprint density at radius 3 is 2.50 bits per heavy atom. The van der Waals surface area contributed by atoms with E-state index in [1.165, 1.54) is 31.5 Å². The third-order valence-corrected chi connectivity index (χ3v) is 4.10. The lowest BCUT2D eigenvalue weighted by molar-refractivity contribution is 0.0929. The van der Waals surface area contributed by atoms with Gasteiger partial charge in [0, 0.05) is 18.8 Å². The van der Waals surface area contributed by atoms with Crippen molar-refractivity contribution in [3.05, 3.63) is 61.1 Å². The van der Waals surface area contributed by atoms with Gasteiger partial charge in [-0.1, -0.05) is 11.6 Å². The van der Waals surface area contributed by atoms with Gasteiger partial charge in [-0.15, -0.1) is 0 Å². The zero-order valence-corrected chi connectivity index (χ0v) is 15.3. The zero-order chi connectivity index (χ0) is 19.8. The van der Waals surface area contributed by atoms with Crippen LogP contribution >= 0.6 is 11.6 Å². The highest BCUT2D eigenvalue weighted by Crippen LogP contribution is 2.23. The number of nitriles is 1. The topological polar surface area (TPSA) is 96.9 Å². The van der Waals surface area contributed by atoms with E-state index in [2.05, 4.69) is 5.32 Å². The van der Waals surface area contributed by atoms with Gasteiger partial charge in [-0.2, -0.15) is 5.26 Å². The van der Waals surface area contributed by atoms with Crippen LogP contribution in [0, 0.1) is 24.1 Å². The van der Waals surface area contributed by atoms with E-state index in [9.17, 15) is 18.8 Å². The average molecular weight is 379 g/mol. The summed E-state index contributed by atoms with van der Waals surface area (Å²) in [5.74, 6) is -1.67. The fourth-order valence-corrected chi connectivity index (χ4v) is 2.46. The Hall–Kier alpha value is -2.92. The number of nitrogens with one attached hydrogen (secondary N) is 1. The van der Waals surface area contributed by atoms with Crippen LogP contribution in [0.2, 0.25) is 5.02 Å². The van der Waals surface area contributed by atoms with Gasteiger partial charge in [-0.25, -0.2) is 13.8 Å². The average Bonchev–Trinajstić information content (AvgIpc) is 2.54. The summed E-state index contributed by atoms with van der Waals surface area (Å²) in [4.78, 5) is 37.0. The van der Waals surface area contributed by atoms with Crippen molar-refractivity contribution in [1.29, 1.82) is 5.26 Å². The number of nitrogens with zero attached hydrogens (tertiary/aromatic N) is 3. The summed E-state index contributed by atoms with van der Waals surface area (Å²) in [6, 6.07) is 4.92. The van der Waals surface area contributed by atoms with Crippen LogP contribution in [0.25, 0.3) is 5.69 Å². The summed E-state index contributed by atoms with van der Waals surface area (Å²) in [6.07, 6.45) is 0. The molecule has 26 heavy (non-hydrogen) atoms. The van der Waals surface area contributed by atoms with Gasteiger partial charge in [0.2, 0.25) is 0 Å². The number of amides is 1. The molecule has 1 aromatic heterocycles. The van der Waals surface area contributed by atoms with Crippen molar-refractivity contribution in [2.24, 2.45) is 7.05 Å². The number of rotatable bonds is 3. The van der Waals surface area contributed by atoms with Crippen LogP contribution in [0.4, 0.5) is 4.39 Å². The Morgan fingerprint density at radius 2 is 1.92 bits per heavy atom. The summed E-state index contributed by atoms with van der Waals surface area (Å²) in [7, 11) is 1.44. The summed E-state index contributed by atoms with van der Waals surface area (Å²) in [6.45, 7) is 4.52. The Labute approximate surface area is 153 Å².